The Kier molecular flexibility index (Phi) is 4.31. The smallest absolute Gasteiger partial charge is 0.257 e. The highest BCUT2D eigenvalue weighted by Gasteiger charge is 2.16. The predicted octanol–water partition coefficient (Wildman–Crippen LogP) is 4.23. The molecular weight excluding hydrogens is 335 g/mol. The molecule has 3 aromatic rings. The summed E-state index contributed by atoms with van der Waals surface area (Å²) in [5.41, 5.74) is 1.35. The summed E-state index contributed by atoms with van der Waals surface area (Å²) >= 11 is 6.05. The normalized spacial score (nSPS) is 10.7. The van der Waals surface area contributed by atoms with E-state index in [2.05, 4.69) is 10.3 Å². The SMILES string of the molecule is COc1cc(NC(=O)c2c[nH]c3cc(F)ccc23)c(OC)cc1Cl. The van der Waals surface area contributed by atoms with Gasteiger partial charge < -0.3 is 19.8 Å². The average molecular weight is 349 g/mol. The fourth-order valence-electron chi connectivity index (χ4n) is 2.43. The second-order valence-electron chi connectivity index (χ2n) is 5.03. The van der Waals surface area contributed by atoms with E-state index in [9.17, 15) is 9.18 Å². The number of carbonyl (C=O) groups excluding carboxylic acids is 1. The van der Waals surface area contributed by atoms with E-state index in [1.165, 1.54) is 32.5 Å². The standard InChI is InChI=1S/C17H14ClFN2O3/c1-23-15-7-14(16(24-2)6-12(15)18)21-17(22)11-8-20-13-5-9(19)3-4-10(11)13/h3-8,20H,1-2H3,(H,21,22). The number of halogens is 2. The van der Waals surface area contributed by atoms with Crippen LogP contribution in [0.1, 0.15) is 10.4 Å². The quantitative estimate of drug-likeness (QED) is 0.741. The number of hydrogen-bond donors (Lipinski definition) is 2. The number of H-pyrrole nitrogens is 1. The minimum Gasteiger partial charge on any atom is -0.495 e. The van der Waals surface area contributed by atoms with E-state index in [4.69, 9.17) is 21.1 Å². The highest BCUT2D eigenvalue weighted by atomic mass is 35.5. The molecule has 1 amide bonds. The maximum atomic E-state index is 13.3. The van der Waals surface area contributed by atoms with Crippen molar-refractivity contribution >= 4 is 34.1 Å². The average Bonchev–Trinajstić information content (AvgIpc) is 2.98. The van der Waals surface area contributed by atoms with Gasteiger partial charge in [-0.05, 0) is 18.2 Å². The van der Waals surface area contributed by atoms with Crippen molar-refractivity contribution in [3.8, 4) is 11.5 Å². The summed E-state index contributed by atoms with van der Waals surface area (Å²) in [5.74, 6) is 0.0738. The van der Waals surface area contributed by atoms with Crippen LogP contribution < -0.4 is 14.8 Å². The Bertz CT molecular complexity index is 924. The van der Waals surface area contributed by atoms with Crippen LogP contribution in [0.5, 0.6) is 11.5 Å². The summed E-state index contributed by atoms with van der Waals surface area (Å²) in [6, 6.07) is 7.32. The molecule has 24 heavy (non-hydrogen) atoms. The lowest BCUT2D eigenvalue weighted by atomic mass is 10.1. The molecule has 0 fully saturated rings. The van der Waals surface area contributed by atoms with Gasteiger partial charge in [0.05, 0.1) is 30.5 Å². The number of ether oxygens (including phenoxy) is 2. The first-order valence-electron chi connectivity index (χ1n) is 7.03. The number of fused-ring (bicyclic) bond motifs is 1. The number of anilines is 1. The summed E-state index contributed by atoms with van der Waals surface area (Å²) in [5, 5.41) is 3.75. The van der Waals surface area contributed by atoms with Crippen LogP contribution in [-0.4, -0.2) is 25.1 Å². The van der Waals surface area contributed by atoms with Crippen molar-refractivity contribution < 1.29 is 18.7 Å². The number of aromatic nitrogens is 1. The van der Waals surface area contributed by atoms with E-state index >= 15 is 0 Å². The van der Waals surface area contributed by atoms with Gasteiger partial charge >= 0.3 is 0 Å². The van der Waals surface area contributed by atoms with Gasteiger partial charge in [-0.25, -0.2) is 4.39 Å². The fraction of sp³-hybridized carbons (Fsp3) is 0.118. The number of carbonyl (C=O) groups is 1. The Balaban J connectivity index is 1.97. The first-order chi connectivity index (χ1) is 11.5. The van der Waals surface area contributed by atoms with Crippen LogP contribution in [0.2, 0.25) is 5.02 Å². The molecule has 2 aromatic carbocycles. The van der Waals surface area contributed by atoms with Gasteiger partial charge in [-0.15, -0.1) is 0 Å². The summed E-state index contributed by atoms with van der Waals surface area (Å²) in [6.45, 7) is 0. The second-order valence-corrected chi connectivity index (χ2v) is 5.44. The molecule has 0 bridgehead atoms. The summed E-state index contributed by atoms with van der Waals surface area (Å²) in [7, 11) is 2.95. The van der Waals surface area contributed by atoms with Crippen LogP contribution in [0.4, 0.5) is 10.1 Å². The number of benzene rings is 2. The van der Waals surface area contributed by atoms with Gasteiger partial charge in [0.1, 0.15) is 17.3 Å². The van der Waals surface area contributed by atoms with Gasteiger partial charge in [0.25, 0.3) is 5.91 Å². The summed E-state index contributed by atoms with van der Waals surface area (Å²) in [4.78, 5) is 15.5. The predicted molar refractivity (Wildman–Crippen MR) is 90.8 cm³/mol. The maximum absolute atomic E-state index is 13.3. The lowest BCUT2D eigenvalue weighted by Gasteiger charge is -2.13. The van der Waals surface area contributed by atoms with Crippen LogP contribution in [0, 0.1) is 5.82 Å². The van der Waals surface area contributed by atoms with E-state index in [1.807, 2.05) is 0 Å². The Morgan fingerprint density at radius 1 is 1.17 bits per heavy atom. The molecule has 0 saturated heterocycles. The molecule has 0 unspecified atom stereocenters. The third-order valence-corrected chi connectivity index (χ3v) is 3.91. The lowest BCUT2D eigenvalue weighted by Crippen LogP contribution is -2.12. The van der Waals surface area contributed by atoms with Gasteiger partial charge in [-0.3, -0.25) is 4.79 Å². The number of hydrogen-bond acceptors (Lipinski definition) is 3. The van der Waals surface area contributed by atoms with Crippen molar-refractivity contribution in [2.45, 2.75) is 0 Å². The number of rotatable bonds is 4. The number of nitrogens with one attached hydrogen (secondary N) is 2. The molecule has 0 radical (unpaired) electrons. The topological polar surface area (TPSA) is 63.3 Å². The number of aromatic amines is 1. The van der Waals surface area contributed by atoms with Crippen LogP contribution >= 0.6 is 11.6 Å². The van der Waals surface area contributed by atoms with Crippen molar-refractivity contribution in [2.24, 2.45) is 0 Å². The van der Waals surface area contributed by atoms with E-state index in [-0.39, 0.29) is 11.7 Å². The zero-order chi connectivity index (χ0) is 17.3. The minimum absolute atomic E-state index is 0.365. The van der Waals surface area contributed by atoms with Crippen LogP contribution in [-0.2, 0) is 0 Å². The first kappa shape index (κ1) is 16.1. The van der Waals surface area contributed by atoms with Gasteiger partial charge in [-0.2, -0.15) is 0 Å². The molecule has 0 aliphatic carbocycles. The zero-order valence-corrected chi connectivity index (χ0v) is 13.7. The van der Waals surface area contributed by atoms with Crippen LogP contribution in [0.3, 0.4) is 0 Å². The number of methoxy groups -OCH3 is 2. The Morgan fingerprint density at radius 3 is 2.62 bits per heavy atom. The molecule has 2 N–H and O–H groups in total. The van der Waals surface area contributed by atoms with Crippen molar-refractivity contribution in [1.82, 2.24) is 4.98 Å². The van der Waals surface area contributed by atoms with Crippen molar-refractivity contribution in [3.63, 3.8) is 0 Å². The third-order valence-electron chi connectivity index (χ3n) is 3.61. The van der Waals surface area contributed by atoms with Crippen molar-refractivity contribution in [2.75, 3.05) is 19.5 Å². The van der Waals surface area contributed by atoms with E-state index < -0.39 is 0 Å². The summed E-state index contributed by atoms with van der Waals surface area (Å²) in [6.07, 6.45) is 1.53. The lowest BCUT2D eigenvalue weighted by molar-refractivity contribution is 0.102. The van der Waals surface area contributed by atoms with Gasteiger partial charge in [-0.1, -0.05) is 11.6 Å². The van der Waals surface area contributed by atoms with E-state index in [1.54, 1.807) is 18.2 Å². The highest BCUT2D eigenvalue weighted by molar-refractivity contribution is 6.32. The van der Waals surface area contributed by atoms with Crippen LogP contribution in [0.15, 0.2) is 36.5 Å². The molecule has 7 heteroatoms. The third kappa shape index (κ3) is 2.88. The molecule has 0 saturated carbocycles. The molecule has 1 heterocycles. The first-order valence-corrected chi connectivity index (χ1v) is 7.40. The number of amides is 1. The van der Waals surface area contributed by atoms with Crippen LogP contribution in [0.25, 0.3) is 10.9 Å². The zero-order valence-electron chi connectivity index (χ0n) is 12.9. The van der Waals surface area contributed by atoms with Gasteiger partial charge in [0, 0.05) is 29.2 Å². The van der Waals surface area contributed by atoms with Gasteiger partial charge in [0.2, 0.25) is 0 Å². The molecule has 124 valence electrons. The largest absolute Gasteiger partial charge is 0.495 e. The Morgan fingerprint density at radius 2 is 1.92 bits per heavy atom. The molecular formula is C17H14ClFN2O3. The molecule has 1 aromatic heterocycles. The molecule has 0 atom stereocenters. The van der Waals surface area contributed by atoms with Gasteiger partial charge in [0.15, 0.2) is 0 Å². The molecule has 0 spiro atoms. The summed E-state index contributed by atoms with van der Waals surface area (Å²) < 4.78 is 23.6. The monoisotopic (exact) mass is 348 g/mol. The fourth-order valence-corrected chi connectivity index (χ4v) is 2.66. The maximum Gasteiger partial charge on any atom is 0.257 e. The molecule has 3 rings (SSSR count). The molecule has 0 aliphatic rings. The van der Waals surface area contributed by atoms with Crippen molar-refractivity contribution in [3.05, 3.63) is 52.9 Å². The van der Waals surface area contributed by atoms with E-state index in [0.29, 0.717) is 38.7 Å². The second kappa shape index (κ2) is 6.41. The highest BCUT2D eigenvalue weighted by Crippen LogP contribution is 2.36. The van der Waals surface area contributed by atoms with Crippen molar-refractivity contribution in [1.29, 1.82) is 0 Å². The Hall–Kier alpha value is -2.73. The van der Waals surface area contributed by atoms with E-state index in [0.717, 1.165) is 0 Å². The molecule has 5 nitrogen and oxygen atoms in total. The molecule has 0 aliphatic heterocycles. The Labute approximate surface area is 142 Å². The minimum atomic E-state index is -0.375.